The van der Waals surface area contributed by atoms with Gasteiger partial charge in [-0.25, -0.2) is 0 Å². The molecule has 4 aliphatic rings. The molecule has 6 rings (SSSR count). The van der Waals surface area contributed by atoms with Crippen molar-refractivity contribution in [3.8, 4) is 0 Å². The summed E-state index contributed by atoms with van der Waals surface area (Å²) in [5.41, 5.74) is -0.211. The van der Waals surface area contributed by atoms with Crippen LogP contribution >= 0.6 is 0 Å². The van der Waals surface area contributed by atoms with Crippen LogP contribution in [0.2, 0.25) is 0 Å². The smallest absolute Gasteiger partial charge is 0.147 e. The molecule has 4 aliphatic carbocycles. The molecule has 0 aliphatic heterocycles. The molecule has 2 nitrogen and oxygen atoms in total. The maximum Gasteiger partial charge on any atom is 0.147 e. The Morgan fingerprint density at radius 3 is 1.25 bits per heavy atom. The third-order valence-corrected chi connectivity index (χ3v) is 13.4. The Balaban J connectivity index is 1.56. The van der Waals surface area contributed by atoms with Crippen molar-refractivity contribution in [1.29, 1.82) is 0 Å². The highest BCUT2D eigenvalue weighted by molar-refractivity contribution is 6.05. The van der Waals surface area contributed by atoms with E-state index in [0.717, 1.165) is 36.8 Å². The summed E-state index contributed by atoms with van der Waals surface area (Å²) in [5, 5.41) is 0. The molecule has 40 heavy (non-hydrogen) atoms. The number of rotatable bonds is 7. The van der Waals surface area contributed by atoms with Gasteiger partial charge in [-0.1, -0.05) is 127 Å². The molecule has 0 heterocycles. The van der Waals surface area contributed by atoms with E-state index >= 15 is 9.59 Å². The largest absolute Gasteiger partial charge is 0.298 e. The van der Waals surface area contributed by atoms with Crippen molar-refractivity contribution in [2.24, 2.45) is 44.3 Å². The molecule has 0 radical (unpaired) electrons. The number of benzene rings is 2. The zero-order valence-corrected chi connectivity index (χ0v) is 25.3. The predicted octanol–water partition coefficient (Wildman–Crippen LogP) is 9.22. The van der Waals surface area contributed by atoms with Crippen molar-refractivity contribution in [2.75, 3.05) is 0 Å². The number of Topliss-reactive ketones (excluding diaryl/α,β-unsaturated/α-hetero) is 2. The second-order valence-corrected chi connectivity index (χ2v) is 14.9. The molecule has 2 aromatic rings. The number of allylic oxidation sites excluding steroid dienone is 2. The van der Waals surface area contributed by atoms with Crippen LogP contribution in [0.1, 0.15) is 91.2 Å². The lowest BCUT2D eigenvalue weighted by atomic mass is 9.45. The number of carbonyl (C=O) groups is 2. The zero-order valence-electron chi connectivity index (χ0n) is 25.3. The van der Waals surface area contributed by atoms with Crippen molar-refractivity contribution in [3.63, 3.8) is 0 Å². The topological polar surface area (TPSA) is 34.1 Å². The summed E-state index contributed by atoms with van der Waals surface area (Å²) in [6.07, 6.45) is 14.0. The quantitative estimate of drug-likeness (QED) is 0.355. The lowest BCUT2D eigenvalue weighted by Gasteiger charge is -2.55. The van der Waals surface area contributed by atoms with Crippen LogP contribution in [0.15, 0.2) is 72.8 Å². The average molecular weight is 535 g/mol. The van der Waals surface area contributed by atoms with E-state index in [1.807, 2.05) is 12.1 Å². The zero-order chi connectivity index (χ0) is 28.6. The molecule has 0 N–H and O–H groups in total. The first kappa shape index (κ1) is 27.4. The molecule has 0 saturated heterocycles. The third kappa shape index (κ3) is 3.17. The second kappa shape index (κ2) is 8.88. The van der Waals surface area contributed by atoms with E-state index in [4.69, 9.17) is 0 Å². The first-order chi connectivity index (χ1) is 18.9. The summed E-state index contributed by atoms with van der Waals surface area (Å²) in [4.78, 5) is 30.4. The van der Waals surface area contributed by atoms with Gasteiger partial charge in [0.05, 0.1) is 0 Å². The Morgan fingerprint density at radius 2 is 0.950 bits per heavy atom. The fraction of sp³-hybridized carbons (Fsp3) is 0.526. The highest BCUT2D eigenvalue weighted by Gasteiger charge is 2.85. The third-order valence-electron chi connectivity index (χ3n) is 13.4. The minimum atomic E-state index is -0.701. The Kier molecular flexibility index (Phi) is 6.09. The first-order valence-electron chi connectivity index (χ1n) is 15.4. The highest BCUT2D eigenvalue weighted by Crippen LogP contribution is 2.83. The lowest BCUT2D eigenvalue weighted by Crippen LogP contribution is -2.59. The van der Waals surface area contributed by atoms with Gasteiger partial charge in [-0.15, -0.1) is 0 Å². The maximum atomic E-state index is 15.2. The average Bonchev–Trinajstić information content (AvgIpc) is 3.42. The van der Waals surface area contributed by atoms with Crippen LogP contribution in [0.5, 0.6) is 0 Å². The van der Waals surface area contributed by atoms with Crippen molar-refractivity contribution in [1.82, 2.24) is 0 Å². The highest BCUT2D eigenvalue weighted by atomic mass is 16.1. The van der Waals surface area contributed by atoms with Gasteiger partial charge in [-0.3, -0.25) is 9.59 Å². The summed E-state index contributed by atoms with van der Waals surface area (Å²) in [6.45, 7) is 13.7. The standard InChI is InChI=1S/C38H46O2/c1-33(2)29-21-25-35(33,5)31(39)37(29,23-13-19-27-15-9-7-10-16-27)38(24-14-20-28-17-11-8-12-18-28)30-22-26-36(6,32(38)40)34(30,3)4/h7-20,29-30H,21-26H2,1-6H3/b19-13-,20-14-. The van der Waals surface area contributed by atoms with Crippen molar-refractivity contribution < 1.29 is 9.59 Å². The molecule has 2 heteroatoms. The van der Waals surface area contributed by atoms with Gasteiger partial charge in [0.1, 0.15) is 11.6 Å². The van der Waals surface area contributed by atoms with Gasteiger partial charge in [0.2, 0.25) is 0 Å². The summed E-state index contributed by atoms with van der Waals surface area (Å²) >= 11 is 0. The normalized spacial score (nSPS) is 39.2. The fourth-order valence-corrected chi connectivity index (χ4v) is 10.6. The Hall–Kier alpha value is -2.74. The van der Waals surface area contributed by atoms with Crippen LogP contribution in [0, 0.1) is 44.3 Å². The Labute approximate surface area is 241 Å². The van der Waals surface area contributed by atoms with E-state index in [1.54, 1.807) is 0 Å². The maximum absolute atomic E-state index is 15.2. The van der Waals surface area contributed by atoms with Gasteiger partial charge in [0.15, 0.2) is 0 Å². The van der Waals surface area contributed by atoms with Crippen molar-refractivity contribution in [3.05, 3.63) is 83.9 Å². The SMILES string of the molecule is CC12CCC(C1(C)C)C(C/C=C\c1ccccc1)(C1(C/C=C\c3ccccc3)C(=O)C3(C)CCC1C3(C)C)C2=O. The van der Waals surface area contributed by atoms with Gasteiger partial charge in [-0.2, -0.15) is 0 Å². The molecule has 2 aromatic carbocycles. The van der Waals surface area contributed by atoms with E-state index < -0.39 is 21.7 Å². The van der Waals surface area contributed by atoms with E-state index in [-0.39, 0.29) is 22.7 Å². The van der Waals surface area contributed by atoms with Gasteiger partial charge in [0, 0.05) is 21.7 Å². The number of ketones is 2. The molecule has 0 aromatic heterocycles. The van der Waals surface area contributed by atoms with Gasteiger partial charge < -0.3 is 0 Å². The van der Waals surface area contributed by atoms with Crippen LogP contribution in [-0.4, -0.2) is 11.6 Å². The van der Waals surface area contributed by atoms with Gasteiger partial charge in [0.25, 0.3) is 0 Å². The summed E-state index contributed by atoms with van der Waals surface area (Å²) in [5.74, 6) is 1.11. The van der Waals surface area contributed by atoms with Crippen LogP contribution in [0.3, 0.4) is 0 Å². The molecule has 0 spiro atoms. The molecular formula is C38H46O2. The number of fused-ring (bicyclic) bond motifs is 4. The van der Waals surface area contributed by atoms with E-state index in [1.165, 1.54) is 0 Å². The molecule has 4 fully saturated rings. The minimum absolute atomic E-state index is 0.145. The van der Waals surface area contributed by atoms with Crippen LogP contribution in [-0.2, 0) is 9.59 Å². The lowest BCUT2D eigenvalue weighted by molar-refractivity contribution is -0.163. The van der Waals surface area contributed by atoms with Crippen LogP contribution < -0.4 is 0 Å². The molecule has 4 bridgehead atoms. The summed E-state index contributed by atoms with van der Waals surface area (Å²) < 4.78 is 0. The molecular weight excluding hydrogens is 488 g/mol. The minimum Gasteiger partial charge on any atom is -0.298 e. The Morgan fingerprint density at radius 1 is 0.600 bits per heavy atom. The van der Waals surface area contributed by atoms with Crippen LogP contribution in [0.25, 0.3) is 12.2 Å². The van der Waals surface area contributed by atoms with Gasteiger partial charge in [-0.05, 0) is 72.3 Å². The second-order valence-electron chi connectivity index (χ2n) is 14.9. The molecule has 6 unspecified atom stereocenters. The summed E-state index contributed by atoms with van der Waals surface area (Å²) in [7, 11) is 0. The molecule has 6 atom stereocenters. The number of hydrogen-bond donors (Lipinski definition) is 0. The summed E-state index contributed by atoms with van der Waals surface area (Å²) in [6, 6.07) is 20.7. The first-order valence-corrected chi connectivity index (χ1v) is 15.4. The molecule has 0 amide bonds. The molecule has 210 valence electrons. The van der Waals surface area contributed by atoms with Crippen molar-refractivity contribution >= 4 is 23.7 Å². The van der Waals surface area contributed by atoms with Crippen molar-refractivity contribution in [2.45, 2.75) is 80.1 Å². The van der Waals surface area contributed by atoms with Gasteiger partial charge >= 0.3 is 0 Å². The Bertz CT molecular complexity index is 1270. The monoisotopic (exact) mass is 534 g/mol. The van der Waals surface area contributed by atoms with E-state index in [9.17, 15) is 0 Å². The molecule has 4 saturated carbocycles. The van der Waals surface area contributed by atoms with E-state index in [0.29, 0.717) is 24.4 Å². The fourth-order valence-electron chi connectivity index (χ4n) is 10.6. The van der Waals surface area contributed by atoms with Crippen LogP contribution in [0.4, 0.5) is 0 Å². The predicted molar refractivity (Wildman–Crippen MR) is 164 cm³/mol. The number of carbonyl (C=O) groups excluding carboxylic acids is 2. The number of hydrogen-bond acceptors (Lipinski definition) is 2. The van der Waals surface area contributed by atoms with E-state index in [2.05, 4.69) is 114 Å².